The van der Waals surface area contributed by atoms with Crippen LogP contribution in [0.4, 0.5) is 4.39 Å². The number of rotatable bonds is 1. The van der Waals surface area contributed by atoms with Crippen molar-refractivity contribution >= 4 is 28.9 Å². The average Bonchev–Trinajstić information content (AvgIpc) is 2.28. The standard InChI is InChI=1S/C13H9Cl2FN.Y/c1-8-11(15)5-6-13(17(8)2)10-4-3-9(14)7-12(10)16;/h3-5,7H,1H2,2H3;/q-1;. The molecule has 0 bridgehead atoms. The summed E-state index contributed by atoms with van der Waals surface area (Å²) in [6.45, 7) is 3.82. The maximum Gasteiger partial charge on any atom is 0.0796 e. The second-order valence-electron chi connectivity index (χ2n) is 3.62. The Morgan fingerprint density at radius 2 is 2.00 bits per heavy atom. The Bertz CT molecular complexity index is 552. The van der Waals surface area contributed by atoms with Gasteiger partial charge in [-0.25, -0.2) is 4.39 Å². The van der Waals surface area contributed by atoms with E-state index in [0.29, 0.717) is 27.0 Å². The van der Waals surface area contributed by atoms with Crippen LogP contribution in [0, 0.1) is 11.9 Å². The van der Waals surface area contributed by atoms with Crippen molar-refractivity contribution in [1.29, 1.82) is 0 Å². The van der Waals surface area contributed by atoms with Crippen LogP contribution in [0.5, 0.6) is 0 Å². The first-order valence-electron chi connectivity index (χ1n) is 4.88. The Hall–Kier alpha value is -0.146. The number of allylic oxidation sites excluding steroid dienone is 3. The molecule has 0 unspecified atom stereocenters. The van der Waals surface area contributed by atoms with Crippen LogP contribution in [0.1, 0.15) is 5.56 Å². The van der Waals surface area contributed by atoms with E-state index in [9.17, 15) is 4.39 Å². The number of halogens is 3. The molecule has 0 saturated heterocycles. The maximum absolute atomic E-state index is 13.8. The van der Waals surface area contributed by atoms with Gasteiger partial charge in [0.25, 0.3) is 0 Å². The van der Waals surface area contributed by atoms with Gasteiger partial charge in [0.15, 0.2) is 0 Å². The van der Waals surface area contributed by atoms with Crippen molar-refractivity contribution < 1.29 is 37.1 Å². The van der Waals surface area contributed by atoms with Crippen molar-refractivity contribution in [3.63, 3.8) is 0 Å². The minimum atomic E-state index is -0.397. The van der Waals surface area contributed by atoms with E-state index in [4.69, 9.17) is 23.2 Å². The Balaban J connectivity index is 0.00000162. The topological polar surface area (TPSA) is 3.24 Å². The molecule has 0 aromatic heterocycles. The molecule has 5 heteroatoms. The van der Waals surface area contributed by atoms with Crippen LogP contribution in [0.2, 0.25) is 5.02 Å². The SMILES string of the molecule is C=C1C(Cl)=C[C-]=C(c2ccc(Cl)cc2F)N1C.[Y]. The van der Waals surface area contributed by atoms with E-state index in [2.05, 4.69) is 12.7 Å². The first kappa shape index (κ1) is 15.9. The fourth-order valence-corrected chi connectivity index (χ4v) is 1.89. The zero-order valence-corrected chi connectivity index (χ0v) is 14.0. The molecule has 1 heterocycles. The van der Waals surface area contributed by atoms with Crippen LogP contribution in [0.3, 0.4) is 0 Å². The molecule has 18 heavy (non-hydrogen) atoms. The molecule has 1 radical (unpaired) electrons. The minimum Gasteiger partial charge on any atom is -0.377 e. The van der Waals surface area contributed by atoms with Gasteiger partial charge >= 0.3 is 0 Å². The van der Waals surface area contributed by atoms with Gasteiger partial charge in [-0.15, -0.1) is 6.07 Å². The second kappa shape index (κ2) is 6.34. The molecule has 1 nitrogen and oxygen atoms in total. The van der Waals surface area contributed by atoms with E-state index in [1.54, 1.807) is 30.2 Å². The molecule has 0 N–H and O–H groups in total. The van der Waals surface area contributed by atoms with Crippen molar-refractivity contribution in [3.05, 3.63) is 64.1 Å². The quantitative estimate of drug-likeness (QED) is 0.681. The van der Waals surface area contributed by atoms with Gasteiger partial charge in [-0.05, 0) is 16.8 Å². The van der Waals surface area contributed by atoms with Crippen LogP contribution in [-0.4, -0.2) is 11.9 Å². The van der Waals surface area contributed by atoms with Crippen LogP contribution in [-0.2, 0) is 32.7 Å². The van der Waals surface area contributed by atoms with Gasteiger partial charge in [-0.3, -0.25) is 0 Å². The van der Waals surface area contributed by atoms with Crippen LogP contribution < -0.4 is 0 Å². The third kappa shape index (κ3) is 3.05. The van der Waals surface area contributed by atoms with Gasteiger partial charge in [0.1, 0.15) is 0 Å². The molecule has 1 aliphatic rings. The monoisotopic (exact) mass is 357 g/mol. The Labute approximate surface area is 141 Å². The van der Waals surface area contributed by atoms with E-state index in [1.807, 2.05) is 0 Å². The summed E-state index contributed by atoms with van der Waals surface area (Å²) in [6, 6.07) is 4.50. The normalized spacial score (nSPS) is 14.9. The van der Waals surface area contributed by atoms with E-state index in [-0.39, 0.29) is 32.7 Å². The maximum atomic E-state index is 13.8. The zero-order valence-electron chi connectivity index (χ0n) is 9.67. The summed E-state index contributed by atoms with van der Waals surface area (Å²) in [7, 11) is 1.76. The summed E-state index contributed by atoms with van der Waals surface area (Å²) in [5.74, 6) is -0.397. The Kier molecular flexibility index (Phi) is 5.60. The number of hydrogen-bond acceptors (Lipinski definition) is 1. The molecule has 0 atom stereocenters. The number of hydrogen-bond donors (Lipinski definition) is 0. The van der Waals surface area contributed by atoms with Gasteiger partial charge in [0, 0.05) is 44.8 Å². The second-order valence-corrected chi connectivity index (χ2v) is 4.46. The van der Waals surface area contributed by atoms with Crippen LogP contribution in [0.25, 0.3) is 5.70 Å². The van der Waals surface area contributed by atoms with E-state index in [1.165, 1.54) is 6.07 Å². The van der Waals surface area contributed by atoms with Crippen molar-refractivity contribution in [3.8, 4) is 0 Å². The first-order chi connectivity index (χ1) is 8.00. The molecular formula is C13H9Cl2FNY-. The predicted molar refractivity (Wildman–Crippen MR) is 68.9 cm³/mol. The molecule has 0 spiro atoms. The predicted octanol–water partition coefficient (Wildman–Crippen LogP) is 4.20. The third-order valence-electron chi connectivity index (χ3n) is 2.54. The van der Waals surface area contributed by atoms with E-state index >= 15 is 0 Å². The molecule has 0 aliphatic carbocycles. The molecule has 0 fully saturated rings. The summed E-state index contributed by atoms with van der Waals surface area (Å²) in [4.78, 5) is 1.69. The molecule has 1 aromatic rings. The fourth-order valence-electron chi connectivity index (χ4n) is 1.55. The molecular weight excluding hydrogens is 349 g/mol. The molecule has 2 rings (SSSR count). The third-order valence-corrected chi connectivity index (χ3v) is 3.10. The summed E-state index contributed by atoms with van der Waals surface area (Å²) in [5, 5.41) is 0.850. The largest absolute Gasteiger partial charge is 0.377 e. The summed E-state index contributed by atoms with van der Waals surface area (Å²) >= 11 is 11.6. The minimum absolute atomic E-state index is 0. The molecule has 1 aromatic carbocycles. The molecule has 0 saturated carbocycles. The number of nitrogens with zero attached hydrogens (tertiary/aromatic N) is 1. The number of likely N-dealkylation sites (N-methyl/N-ethyl adjacent to an activating group) is 1. The van der Waals surface area contributed by atoms with Crippen LogP contribution >= 0.6 is 23.2 Å². The summed E-state index contributed by atoms with van der Waals surface area (Å²) < 4.78 is 13.8. The molecule has 1 aliphatic heterocycles. The van der Waals surface area contributed by atoms with E-state index < -0.39 is 5.82 Å². The summed E-state index contributed by atoms with van der Waals surface area (Å²) in [6.07, 6.45) is 4.51. The van der Waals surface area contributed by atoms with E-state index in [0.717, 1.165) is 0 Å². The van der Waals surface area contributed by atoms with Gasteiger partial charge < -0.3 is 4.90 Å². The molecule has 0 amide bonds. The van der Waals surface area contributed by atoms with Crippen molar-refractivity contribution in [2.24, 2.45) is 0 Å². The van der Waals surface area contributed by atoms with Gasteiger partial charge in [-0.2, -0.15) is 23.8 Å². The zero-order chi connectivity index (χ0) is 12.6. The molecule has 91 valence electrons. The smallest absolute Gasteiger partial charge is 0.0796 e. The van der Waals surface area contributed by atoms with Crippen molar-refractivity contribution in [2.45, 2.75) is 0 Å². The van der Waals surface area contributed by atoms with Crippen molar-refractivity contribution in [1.82, 2.24) is 4.90 Å². The Morgan fingerprint density at radius 3 is 2.61 bits per heavy atom. The first-order valence-corrected chi connectivity index (χ1v) is 5.64. The fraction of sp³-hybridized carbons (Fsp3) is 0.0769. The number of benzene rings is 1. The van der Waals surface area contributed by atoms with Crippen molar-refractivity contribution in [2.75, 3.05) is 7.05 Å². The van der Waals surface area contributed by atoms with Gasteiger partial charge in [0.2, 0.25) is 0 Å². The average molecular weight is 358 g/mol. The van der Waals surface area contributed by atoms with Gasteiger partial charge in [-0.1, -0.05) is 35.5 Å². The Morgan fingerprint density at radius 1 is 1.33 bits per heavy atom. The van der Waals surface area contributed by atoms with Gasteiger partial charge in [0.05, 0.1) is 5.82 Å². The summed E-state index contributed by atoms with van der Waals surface area (Å²) in [5.41, 5.74) is 1.60. The van der Waals surface area contributed by atoms with Crippen LogP contribution in [0.15, 0.2) is 41.6 Å².